The molecule has 2 aromatic rings. The Balaban J connectivity index is 0.00000288. The van der Waals surface area contributed by atoms with Gasteiger partial charge in [-0.3, -0.25) is 0 Å². The molecule has 0 aliphatic carbocycles. The Morgan fingerprint density at radius 1 is 0.880 bits per heavy atom. The van der Waals surface area contributed by atoms with Crippen LogP contribution < -0.4 is 0 Å². The topological polar surface area (TPSA) is 34.1 Å². The number of hydrogen-bond donors (Lipinski definition) is 0. The molecule has 0 aromatic heterocycles. The minimum Gasteiger partial charge on any atom is -0.147 e. The van der Waals surface area contributed by atoms with Gasteiger partial charge in [-0.1, -0.05) is 0 Å². The van der Waals surface area contributed by atoms with E-state index in [1.807, 2.05) is 55.5 Å². The second-order valence-electron chi connectivity index (χ2n) is 5.17. The zero-order valence-electron chi connectivity index (χ0n) is 14.1. The SMILES string of the molecule is CCC(=C(C)C(=[C]([Zr])P(=O)=O)c1ccccc1)c1ccccc1.Cl.Cl. The maximum absolute atomic E-state index is 11.6. The molecule has 0 radical (unpaired) electrons. The van der Waals surface area contributed by atoms with Crippen LogP contribution in [0.4, 0.5) is 0 Å². The zero-order chi connectivity index (χ0) is 16.8. The molecule has 0 saturated carbocycles. The molecule has 2 aromatic carbocycles. The average Bonchev–Trinajstić information content (AvgIpc) is 2.57. The van der Waals surface area contributed by atoms with Crippen molar-refractivity contribution in [3.8, 4) is 0 Å². The normalized spacial score (nSPS) is 12.0. The summed E-state index contributed by atoms with van der Waals surface area (Å²) in [6.07, 6.45) is 0.852. The number of hydrogen-bond acceptors (Lipinski definition) is 2. The zero-order valence-corrected chi connectivity index (χ0v) is 19.0. The van der Waals surface area contributed by atoms with Crippen LogP contribution in [0.2, 0.25) is 0 Å². The number of halogens is 2. The molecule has 0 atom stereocenters. The minimum atomic E-state index is -2.57. The second kappa shape index (κ2) is 11.8. The van der Waals surface area contributed by atoms with Gasteiger partial charge in [0.15, 0.2) is 0 Å². The van der Waals surface area contributed by atoms with Crippen LogP contribution in [0.25, 0.3) is 11.1 Å². The number of benzene rings is 2. The molecule has 0 unspecified atom stereocenters. The van der Waals surface area contributed by atoms with E-state index < -0.39 is 7.68 Å². The maximum Gasteiger partial charge on any atom is -0.147 e. The van der Waals surface area contributed by atoms with Crippen molar-refractivity contribution < 1.29 is 33.8 Å². The van der Waals surface area contributed by atoms with Gasteiger partial charge in [-0.05, 0) is 0 Å². The van der Waals surface area contributed by atoms with Gasteiger partial charge in [-0.15, -0.1) is 24.8 Å². The van der Waals surface area contributed by atoms with Crippen LogP contribution in [0.3, 0.4) is 0 Å². The first-order valence-electron chi connectivity index (χ1n) is 7.47. The van der Waals surface area contributed by atoms with Crippen LogP contribution in [0.1, 0.15) is 31.4 Å². The monoisotopic (exact) mass is 471 g/mol. The van der Waals surface area contributed by atoms with Crippen LogP contribution in [0, 0.1) is 0 Å². The van der Waals surface area contributed by atoms with Gasteiger partial charge in [0.25, 0.3) is 0 Å². The van der Waals surface area contributed by atoms with Crippen molar-refractivity contribution in [2.45, 2.75) is 20.3 Å². The van der Waals surface area contributed by atoms with Gasteiger partial charge < -0.3 is 0 Å². The average molecular weight is 473 g/mol. The molecule has 0 amide bonds. The molecular weight excluding hydrogens is 453 g/mol. The summed E-state index contributed by atoms with van der Waals surface area (Å²) < 4.78 is 23.8. The molecule has 25 heavy (non-hydrogen) atoms. The molecular formula is C19H20Cl2O2PZr. The molecule has 2 rings (SSSR count). The van der Waals surface area contributed by atoms with E-state index in [0.717, 1.165) is 53.4 Å². The van der Waals surface area contributed by atoms with Crippen molar-refractivity contribution in [2.24, 2.45) is 0 Å². The van der Waals surface area contributed by atoms with Crippen LogP contribution >= 0.6 is 32.5 Å². The van der Waals surface area contributed by atoms with Gasteiger partial charge in [0, 0.05) is 0 Å². The van der Waals surface area contributed by atoms with E-state index in [4.69, 9.17) is 0 Å². The van der Waals surface area contributed by atoms with Crippen molar-refractivity contribution in [1.29, 1.82) is 0 Å². The molecule has 0 spiro atoms. The van der Waals surface area contributed by atoms with E-state index in [-0.39, 0.29) is 24.8 Å². The fourth-order valence-corrected chi connectivity index (χ4v) is 4.00. The first-order chi connectivity index (χ1) is 11.1. The Hall–Kier alpha value is -0.717. The van der Waals surface area contributed by atoms with E-state index in [1.54, 1.807) is 0 Å². The Bertz CT molecular complexity index is 806. The minimum absolute atomic E-state index is 0. The first kappa shape index (κ1) is 24.3. The summed E-state index contributed by atoms with van der Waals surface area (Å²) in [7, 11) is -2.57. The van der Waals surface area contributed by atoms with Crippen molar-refractivity contribution in [1.82, 2.24) is 0 Å². The Morgan fingerprint density at radius 2 is 1.32 bits per heavy atom. The van der Waals surface area contributed by atoms with Crippen molar-refractivity contribution in [2.75, 3.05) is 0 Å². The Morgan fingerprint density at radius 3 is 1.72 bits per heavy atom. The number of allylic oxidation sites excluding steroid dienone is 3. The van der Waals surface area contributed by atoms with E-state index >= 15 is 0 Å². The van der Waals surface area contributed by atoms with Crippen LogP contribution in [0.15, 0.2) is 69.3 Å². The summed E-state index contributed by atoms with van der Waals surface area (Å²) >= 11 is 0.914. The van der Waals surface area contributed by atoms with Crippen molar-refractivity contribution >= 4 is 43.6 Å². The molecule has 0 saturated heterocycles. The summed E-state index contributed by atoms with van der Waals surface area (Å²) in [5.41, 5.74) is 5.17. The van der Waals surface area contributed by atoms with E-state index in [2.05, 4.69) is 19.1 Å². The number of rotatable bonds is 5. The molecule has 6 heteroatoms. The van der Waals surface area contributed by atoms with E-state index in [1.165, 1.54) is 5.57 Å². The molecule has 0 N–H and O–H groups in total. The van der Waals surface area contributed by atoms with E-state index in [9.17, 15) is 9.13 Å². The largest absolute Gasteiger partial charge is 0.147 e. The standard InChI is InChI=1S/C19H18O2P.2ClH.Zr/c1-3-18(16-10-6-4-7-11-16)15(2)19(14-22(20)21)17-12-8-5-9-13-17;;;/h4-13H,3H2,1-2H3;2*1H;. The molecule has 0 heterocycles. The van der Waals surface area contributed by atoms with Crippen LogP contribution in [-0.4, -0.2) is 0 Å². The molecule has 2 nitrogen and oxygen atoms in total. The van der Waals surface area contributed by atoms with Crippen molar-refractivity contribution in [3.05, 3.63) is 80.4 Å². The van der Waals surface area contributed by atoms with Gasteiger partial charge in [0.05, 0.1) is 0 Å². The quantitative estimate of drug-likeness (QED) is 0.354. The van der Waals surface area contributed by atoms with Gasteiger partial charge >= 0.3 is 153 Å². The van der Waals surface area contributed by atoms with Crippen molar-refractivity contribution in [3.63, 3.8) is 0 Å². The summed E-state index contributed by atoms with van der Waals surface area (Å²) in [6.45, 7) is 4.13. The van der Waals surface area contributed by atoms with Gasteiger partial charge in [-0.25, -0.2) is 0 Å². The van der Waals surface area contributed by atoms with Gasteiger partial charge in [0.2, 0.25) is 0 Å². The summed E-state index contributed by atoms with van der Waals surface area (Å²) in [5.74, 6) is 0. The Kier molecular flexibility index (Phi) is 11.5. The fraction of sp³-hybridized carbons (Fsp3) is 0.158. The van der Waals surface area contributed by atoms with E-state index in [0.29, 0.717) is 3.02 Å². The third-order valence-corrected chi connectivity index (χ3v) is 6.33. The predicted molar refractivity (Wildman–Crippen MR) is 105 cm³/mol. The molecule has 0 aliphatic heterocycles. The van der Waals surface area contributed by atoms with Gasteiger partial charge in [0.1, 0.15) is 0 Å². The molecule has 131 valence electrons. The maximum atomic E-state index is 11.6. The van der Waals surface area contributed by atoms with Gasteiger partial charge in [-0.2, -0.15) is 0 Å². The smallest absolute Gasteiger partial charge is 0.147 e. The fourth-order valence-electron chi connectivity index (χ4n) is 2.70. The summed E-state index contributed by atoms with van der Waals surface area (Å²) in [6, 6.07) is 19.9. The Labute approximate surface area is 177 Å². The molecule has 0 aliphatic rings. The van der Waals surface area contributed by atoms with Crippen LogP contribution in [-0.2, 0) is 33.8 Å². The molecule has 0 fully saturated rings. The van der Waals surface area contributed by atoms with Crippen LogP contribution in [0.5, 0.6) is 0 Å². The third-order valence-electron chi connectivity index (χ3n) is 3.79. The summed E-state index contributed by atoms with van der Waals surface area (Å²) in [5, 5.41) is 0. The second-order valence-corrected chi connectivity index (χ2v) is 8.39. The predicted octanol–water partition coefficient (Wildman–Crippen LogP) is 6.80. The third kappa shape index (κ3) is 6.19. The summed E-state index contributed by atoms with van der Waals surface area (Å²) in [4.78, 5) is 0. The molecule has 0 bridgehead atoms. The first-order valence-corrected chi connectivity index (χ1v) is 9.88.